The highest BCUT2D eigenvalue weighted by atomic mass is 19.1. The zero-order valence-corrected chi connectivity index (χ0v) is 11.8. The van der Waals surface area contributed by atoms with Crippen LogP contribution in [0, 0.1) is 12.7 Å². The van der Waals surface area contributed by atoms with Crippen LogP contribution in [0.1, 0.15) is 48.7 Å². The number of aromatic nitrogens is 3. The fourth-order valence-electron chi connectivity index (χ4n) is 2.74. The van der Waals surface area contributed by atoms with Crippen LogP contribution in [0.2, 0.25) is 0 Å². The van der Waals surface area contributed by atoms with Gasteiger partial charge in [0.2, 0.25) is 5.91 Å². The molecular formula is C14H17FN4O2. The summed E-state index contributed by atoms with van der Waals surface area (Å²) < 4.78 is 19.2. The Bertz CT molecular complexity index is 643. The minimum absolute atomic E-state index is 0.00586. The summed E-state index contributed by atoms with van der Waals surface area (Å²) in [5.74, 6) is -0.256. The Hall–Kier alpha value is -2.18. The lowest BCUT2D eigenvalue weighted by atomic mass is 10.0. The first kappa shape index (κ1) is 13.8. The predicted molar refractivity (Wildman–Crippen MR) is 73.3 cm³/mol. The monoisotopic (exact) mass is 292 g/mol. The van der Waals surface area contributed by atoms with Crippen LogP contribution < -0.4 is 5.32 Å². The van der Waals surface area contributed by atoms with Crippen molar-refractivity contribution in [2.75, 3.05) is 5.32 Å². The number of hydrogen-bond donors (Lipinski definition) is 2. The van der Waals surface area contributed by atoms with E-state index in [1.807, 2.05) is 0 Å². The van der Waals surface area contributed by atoms with E-state index in [0.717, 1.165) is 25.7 Å². The van der Waals surface area contributed by atoms with Crippen LogP contribution in [-0.2, 0) is 11.2 Å². The molecule has 2 heterocycles. The van der Waals surface area contributed by atoms with Gasteiger partial charge in [0.05, 0.1) is 17.8 Å². The summed E-state index contributed by atoms with van der Waals surface area (Å²) >= 11 is 0. The fraction of sp³-hybridized carbons (Fsp3) is 0.500. The number of nitrogens with zero attached hydrogens (tertiary/aromatic N) is 2. The Morgan fingerprint density at radius 1 is 1.52 bits per heavy atom. The summed E-state index contributed by atoms with van der Waals surface area (Å²) in [7, 11) is 0. The molecule has 6 nitrogen and oxygen atoms in total. The van der Waals surface area contributed by atoms with Crippen molar-refractivity contribution in [1.82, 2.24) is 15.4 Å². The molecule has 1 aliphatic carbocycles. The van der Waals surface area contributed by atoms with Crippen molar-refractivity contribution < 1.29 is 13.7 Å². The molecule has 0 unspecified atom stereocenters. The van der Waals surface area contributed by atoms with Crippen molar-refractivity contribution in [2.24, 2.45) is 0 Å². The Balaban J connectivity index is 1.66. The normalized spacial score (nSPS) is 15.5. The van der Waals surface area contributed by atoms with E-state index >= 15 is 0 Å². The Morgan fingerprint density at radius 3 is 2.95 bits per heavy atom. The highest BCUT2D eigenvalue weighted by molar-refractivity contribution is 5.91. The lowest BCUT2D eigenvalue weighted by molar-refractivity contribution is -0.115. The zero-order chi connectivity index (χ0) is 14.8. The van der Waals surface area contributed by atoms with Crippen molar-refractivity contribution in [2.45, 2.75) is 44.9 Å². The number of halogens is 1. The molecule has 2 aromatic heterocycles. The van der Waals surface area contributed by atoms with Gasteiger partial charge in [-0.2, -0.15) is 5.10 Å². The van der Waals surface area contributed by atoms with Crippen LogP contribution in [0.5, 0.6) is 0 Å². The third-order valence-corrected chi connectivity index (χ3v) is 3.77. The molecular weight excluding hydrogens is 275 g/mol. The lowest BCUT2D eigenvalue weighted by Gasteiger charge is -2.05. The van der Waals surface area contributed by atoms with Crippen LogP contribution in [0.15, 0.2) is 10.6 Å². The Morgan fingerprint density at radius 2 is 2.29 bits per heavy atom. The van der Waals surface area contributed by atoms with Gasteiger partial charge < -0.3 is 9.84 Å². The standard InChI is InChI=1S/C14H17FN4O2/c1-8-6-10(21-19-8)7-11(20)16-14-12(15)13(17-18-14)9-4-2-3-5-9/h6,9H,2-5,7H2,1H3,(H2,16,17,18,20). The molecule has 21 heavy (non-hydrogen) atoms. The van der Waals surface area contributed by atoms with E-state index in [0.29, 0.717) is 17.1 Å². The molecule has 0 aromatic carbocycles. The van der Waals surface area contributed by atoms with Gasteiger partial charge in [-0.25, -0.2) is 4.39 Å². The average Bonchev–Trinajstić information content (AvgIpc) is 3.14. The second-order valence-corrected chi connectivity index (χ2v) is 5.44. The van der Waals surface area contributed by atoms with Crippen molar-refractivity contribution in [3.63, 3.8) is 0 Å². The maximum Gasteiger partial charge on any atom is 0.233 e. The molecule has 0 spiro atoms. The van der Waals surface area contributed by atoms with Gasteiger partial charge in [-0.1, -0.05) is 18.0 Å². The maximum atomic E-state index is 14.2. The molecule has 2 aromatic rings. The molecule has 1 fully saturated rings. The second-order valence-electron chi connectivity index (χ2n) is 5.44. The van der Waals surface area contributed by atoms with Crippen LogP contribution in [0.4, 0.5) is 10.2 Å². The van der Waals surface area contributed by atoms with Crippen LogP contribution in [0.3, 0.4) is 0 Å². The van der Waals surface area contributed by atoms with Gasteiger partial charge >= 0.3 is 0 Å². The third kappa shape index (κ3) is 2.96. The topological polar surface area (TPSA) is 83.8 Å². The molecule has 112 valence electrons. The average molecular weight is 292 g/mol. The summed E-state index contributed by atoms with van der Waals surface area (Å²) in [6.45, 7) is 1.77. The molecule has 0 aliphatic heterocycles. The largest absolute Gasteiger partial charge is 0.361 e. The molecule has 0 bridgehead atoms. The number of rotatable bonds is 4. The summed E-state index contributed by atoms with van der Waals surface area (Å²) in [4.78, 5) is 11.9. The van der Waals surface area contributed by atoms with E-state index in [4.69, 9.17) is 4.52 Å². The number of H-pyrrole nitrogens is 1. The van der Waals surface area contributed by atoms with E-state index in [2.05, 4.69) is 20.7 Å². The molecule has 2 N–H and O–H groups in total. The first-order chi connectivity index (χ1) is 10.1. The first-order valence-corrected chi connectivity index (χ1v) is 7.09. The van der Waals surface area contributed by atoms with Crippen LogP contribution in [0.25, 0.3) is 0 Å². The van der Waals surface area contributed by atoms with Crippen molar-refractivity contribution in [3.8, 4) is 0 Å². The molecule has 7 heteroatoms. The summed E-state index contributed by atoms with van der Waals surface area (Å²) in [6.07, 6.45) is 4.14. The van der Waals surface area contributed by atoms with E-state index in [-0.39, 0.29) is 24.1 Å². The highest BCUT2D eigenvalue weighted by Crippen LogP contribution is 2.35. The molecule has 1 saturated carbocycles. The number of carbonyl (C=O) groups excluding carboxylic acids is 1. The fourth-order valence-corrected chi connectivity index (χ4v) is 2.74. The lowest BCUT2D eigenvalue weighted by Crippen LogP contribution is -2.15. The van der Waals surface area contributed by atoms with Crippen LogP contribution >= 0.6 is 0 Å². The number of anilines is 1. The molecule has 0 radical (unpaired) electrons. The number of nitrogens with one attached hydrogen (secondary N) is 2. The maximum absolute atomic E-state index is 14.2. The van der Waals surface area contributed by atoms with Gasteiger partial charge in [-0.15, -0.1) is 0 Å². The minimum Gasteiger partial charge on any atom is -0.361 e. The number of aryl methyl sites for hydroxylation is 1. The smallest absolute Gasteiger partial charge is 0.233 e. The second kappa shape index (κ2) is 5.67. The molecule has 1 amide bonds. The van der Waals surface area contributed by atoms with Gasteiger partial charge in [-0.3, -0.25) is 9.89 Å². The van der Waals surface area contributed by atoms with E-state index in [9.17, 15) is 9.18 Å². The Labute approximate surface area is 121 Å². The van der Waals surface area contributed by atoms with Gasteiger partial charge in [0.1, 0.15) is 5.76 Å². The summed E-state index contributed by atoms with van der Waals surface area (Å²) in [5, 5.41) is 12.8. The predicted octanol–water partition coefficient (Wildman–Crippen LogP) is 2.68. The molecule has 0 saturated heterocycles. The van der Waals surface area contributed by atoms with Crippen molar-refractivity contribution >= 4 is 11.7 Å². The van der Waals surface area contributed by atoms with Crippen molar-refractivity contribution in [1.29, 1.82) is 0 Å². The molecule has 0 atom stereocenters. The SMILES string of the molecule is Cc1cc(CC(=O)Nc2n[nH]c(C3CCCC3)c2F)on1. The van der Waals surface area contributed by atoms with E-state index in [1.165, 1.54) is 0 Å². The molecule has 1 aliphatic rings. The zero-order valence-electron chi connectivity index (χ0n) is 11.8. The highest BCUT2D eigenvalue weighted by Gasteiger charge is 2.25. The first-order valence-electron chi connectivity index (χ1n) is 7.09. The molecule has 3 rings (SSSR count). The number of amides is 1. The van der Waals surface area contributed by atoms with Gasteiger partial charge in [0, 0.05) is 12.0 Å². The third-order valence-electron chi connectivity index (χ3n) is 3.77. The summed E-state index contributed by atoms with van der Waals surface area (Å²) in [5.41, 5.74) is 1.20. The van der Waals surface area contributed by atoms with Gasteiger partial charge in [-0.05, 0) is 19.8 Å². The van der Waals surface area contributed by atoms with E-state index in [1.54, 1.807) is 13.0 Å². The number of aromatic amines is 1. The summed E-state index contributed by atoms with van der Waals surface area (Å²) in [6, 6.07) is 1.67. The quantitative estimate of drug-likeness (QED) is 0.907. The minimum atomic E-state index is -0.455. The number of hydrogen-bond acceptors (Lipinski definition) is 4. The van der Waals surface area contributed by atoms with Gasteiger partial charge in [0.25, 0.3) is 0 Å². The van der Waals surface area contributed by atoms with E-state index < -0.39 is 5.82 Å². The van der Waals surface area contributed by atoms with Crippen LogP contribution in [-0.4, -0.2) is 21.3 Å². The van der Waals surface area contributed by atoms with Gasteiger partial charge in [0.15, 0.2) is 11.6 Å². The van der Waals surface area contributed by atoms with Crippen molar-refractivity contribution in [3.05, 3.63) is 29.0 Å². The number of carbonyl (C=O) groups is 1. The Kier molecular flexibility index (Phi) is 3.72.